The van der Waals surface area contributed by atoms with Gasteiger partial charge in [0.1, 0.15) is 6.61 Å². The number of nitrogens with zero attached hydrogens (tertiary/aromatic N) is 3. The van der Waals surface area contributed by atoms with Gasteiger partial charge >= 0.3 is 6.01 Å². The molecule has 146 valence electrons. The lowest BCUT2D eigenvalue weighted by molar-refractivity contribution is -0.384. The van der Waals surface area contributed by atoms with Crippen LogP contribution in [-0.4, -0.2) is 27.6 Å². The SMILES string of the molecule is O=C(C=Cc1ccc([N+](=O)[O-])cc1)Nc1nnc(C2COc3ccccc3O2)o1. The van der Waals surface area contributed by atoms with E-state index in [1.54, 1.807) is 12.1 Å². The Hall–Kier alpha value is -4.21. The van der Waals surface area contributed by atoms with Crippen molar-refractivity contribution < 1.29 is 23.6 Å². The molecule has 0 bridgehead atoms. The van der Waals surface area contributed by atoms with Gasteiger partial charge in [-0.05, 0) is 35.9 Å². The fraction of sp³-hybridized carbons (Fsp3) is 0.105. The summed E-state index contributed by atoms with van der Waals surface area (Å²) in [4.78, 5) is 22.2. The Labute approximate surface area is 163 Å². The van der Waals surface area contributed by atoms with Crippen LogP contribution < -0.4 is 14.8 Å². The number of nitro benzene ring substituents is 1. The third kappa shape index (κ3) is 4.21. The number of hydrogen-bond acceptors (Lipinski definition) is 8. The molecular formula is C19H14N4O6. The smallest absolute Gasteiger partial charge is 0.322 e. The molecule has 0 radical (unpaired) electrons. The first kappa shape index (κ1) is 18.2. The summed E-state index contributed by atoms with van der Waals surface area (Å²) >= 11 is 0. The zero-order valence-electron chi connectivity index (χ0n) is 14.8. The normalized spacial score (nSPS) is 15.2. The average molecular weight is 394 g/mol. The van der Waals surface area contributed by atoms with Gasteiger partial charge in [0, 0.05) is 18.2 Å². The molecule has 0 fully saturated rings. The Morgan fingerprint density at radius 2 is 1.90 bits per heavy atom. The molecule has 2 aromatic carbocycles. The Bertz CT molecular complexity index is 1080. The van der Waals surface area contributed by atoms with Crippen molar-refractivity contribution in [3.05, 3.63) is 76.2 Å². The van der Waals surface area contributed by atoms with Gasteiger partial charge in [-0.2, -0.15) is 0 Å². The van der Waals surface area contributed by atoms with Gasteiger partial charge in [-0.25, -0.2) is 0 Å². The van der Waals surface area contributed by atoms with E-state index in [9.17, 15) is 14.9 Å². The molecule has 1 atom stereocenters. The summed E-state index contributed by atoms with van der Waals surface area (Å²) < 4.78 is 16.8. The maximum atomic E-state index is 12.0. The lowest BCUT2D eigenvalue weighted by Gasteiger charge is -2.23. The Kier molecular flexibility index (Phi) is 4.89. The summed E-state index contributed by atoms with van der Waals surface area (Å²) in [6, 6.07) is 12.9. The van der Waals surface area contributed by atoms with E-state index in [-0.39, 0.29) is 24.2 Å². The van der Waals surface area contributed by atoms with Gasteiger partial charge in [-0.3, -0.25) is 20.2 Å². The third-order valence-electron chi connectivity index (χ3n) is 3.99. The second kappa shape index (κ2) is 7.80. The van der Waals surface area contributed by atoms with Gasteiger partial charge in [-0.1, -0.05) is 17.2 Å². The minimum Gasteiger partial charge on any atom is -0.485 e. The van der Waals surface area contributed by atoms with Gasteiger partial charge in [0.25, 0.3) is 17.5 Å². The number of ether oxygens (including phenoxy) is 2. The Morgan fingerprint density at radius 3 is 2.66 bits per heavy atom. The molecule has 0 saturated carbocycles. The molecule has 1 unspecified atom stereocenters. The molecule has 3 aromatic rings. The first-order valence-corrected chi connectivity index (χ1v) is 8.54. The molecule has 1 aliphatic rings. The van der Waals surface area contributed by atoms with Gasteiger partial charge < -0.3 is 13.9 Å². The summed E-state index contributed by atoms with van der Waals surface area (Å²) in [7, 11) is 0. The van der Waals surface area contributed by atoms with Crippen LogP contribution in [0.25, 0.3) is 6.08 Å². The minimum absolute atomic E-state index is 0.0264. The maximum Gasteiger partial charge on any atom is 0.322 e. The highest BCUT2D eigenvalue weighted by atomic mass is 16.6. The second-order valence-corrected chi connectivity index (χ2v) is 5.98. The average Bonchev–Trinajstić information content (AvgIpc) is 3.20. The molecule has 4 rings (SSSR count). The van der Waals surface area contributed by atoms with E-state index in [4.69, 9.17) is 13.9 Å². The monoisotopic (exact) mass is 394 g/mol. The Balaban J connectivity index is 1.36. The first-order chi connectivity index (χ1) is 14.1. The number of aromatic nitrogens is 2. The van der Waals surface area contributed by atoms with Gasteiger partial charge in [0.2, 0.25) is 6.10 Å². The highest BCUT2D eigenvalue weighted by molar-refractivity contribution is 6.00. The molecule has 1 N–H and O–H groups in total. The number of hydrogen-bond donors (Lipinski definition) is 1. The van der Waals surface area contributed by atoms with Crippen molar-refractivity contribution in [2.75, 3.05) is 11.9 Å². The van der Waals surface area contributed by atoms with Crippen molar-refractivity contribution in [2.24, 2.45) is 0 Å². The van der Waals surface area contributed by atoms with E-state index in [0.29, 0.717) is 17.1 Å². The summed E-state index contributed by atoms with van der Waals surface area (Å²) in [5, 5.41) is 20.8. The summed E-state index contributed by atoms with van der Waals surface area (Å²) in [5.74, 6) is 0.880. The third-order valence-corrected chi connectivity index (χ3v) is 3.99. The van der Waals surface area contributed by atoms with Crippen molar-refractivity contribution in [3.8, 4) is 11.5 Å². The fourth-order valence-corrected chi connectivity index (χ4v) is 2.58. The lowest BCUT2D eigenvalue weighted by Crippen LogP contribution is -2.21. The predicted molar refractivity (Wildman–Crippen MR) is 100 cm³/mol. The first-order valence-electron chi connectivity index (χ1n) is 8.54. The minimum atomic E-state index is -0.585. The second-order valence-electron chi connectivity index (χ2n) is 5.98. The van der Waals surface area contributed by atoms with Crippen molar-refractivity contribution in [1.82, 2.24) is 10.2 Å². The van der Waals surface area contributed by atoms with Crippen LogP contribution in [-0.2, 0) is 4.79 Å². The molecule has 1 amide bonds. The number of fused-ring (bicyclic) bond motifs is 1. The van der Waals surface area contributed by atoms with Crippen LogP contribution in [0, 0.1) is 10.1 Å². The van der Waals surface area contributed by atoms with E-state index in [1.165, 1.54) is 36.4 Å². The van der Waals surface area contributed by atoms with Crippen LogP contribution in [0.3, 0.4) is 0 Å². The zero-order chi connectivity index (χ0) is 20.2. The molecule has 0 saturated heterocycles. The van der Waals surface area contributed by atoms with Crippen molar-refractivity contribution in [1.29, 1.82) is 0 Å². The number of nitro groups is 1. The largest absolute Gasteiger partial charge is 0.485 e. The molecular weight excluding hydrogens is 380 g/mol. The number of non-ortho nitro benzene ring substituents is 1. The van der Waals surface area contributed by atoms with Crippen molar-refractivity contribution in [3.63, 3.8) is 0 Å². The molecule has 0 spiro atoms. The number of nitrogens with one attached hydrogen (secondary N) is 1. The van der Waals surface area contributed by atoms with Crippen LogP contribution in [0.15, 0.2) is 59.0 Å². The van der Waals surface area contributed by atoms with E-state index in [1.807, 2.05) is 12.1 Å². The number of para-hydroxylation sites is 2. The zero-order valence-corrected chi connectivity index (χ0v) is 14.8. The van der Waals surface area contributed by atoms with Crippen LogP contribution in [0.5, 0.6) is 11.5 Å². The molecule has 1 aromatic heterocycles. The standard InChI is InChI=1S/C19H14N4O6/c24-17(10-7-12-5-8-13(9-6-12)23(25)26)20-19-22-21-18(29-19)16-11-27-14-3-1-2-4-15(14)28-16/h1-10,16H,11H2,(H,20,22,24). The van der Waals surface area contributed by atoms with E-state index < -0.39 is 16.9 Å². The van der Waals surface area contributed by atoms with Gasteiger partial charge in [0.05, 0.1) is 4.92 Å². The topological polar surface area (TPSA) is 130 Å². The van der Waals surface area contributed by atoms with E-state index in [0.717, 1.165) is 0 Å². The highest BCUT2D eigenvalue weighted by Crippen LogP contribution is 2.35. The van der Waals surface area contributed by atoms with Crippen LogP contribution in [0.4, 0.5) is 11.7 Å². The van der Waals surface area contributed by atoms with E-state index >= 15 is 0 Å². The van der Waals surface area contributed by atoms with Gasteiger partial charge in [-0.15, -0.1) is 5.10 Å². The number of carbonyl (C=O) groups excluding carboxylic acids is 1. The number of benzene rings is 2. The summed E-state index contributed by atoms with van der Waals surface area (Å²) in [6.45, 7) is 0.201. The van der Waals surface area contributed by atoms with Crippen LogP contribution in [0.2, 0.25) is 0 Å². The molecule has 2 heterocycles. The maximum absolute atomic E-state index is 12.0. The van der Waals surface area contributed by atoms with Crippen molar-refractivity contribution in [2.45, 2.75) is 6.10 Å². The molecule has 10 heteroatoms. The summed E-state index contributed by atoms with van der Waals surface area (Å²) in [6.07, 6.45) is 2.17. The van der Waals surface area contributed by atoms with Crippen LogP contribution >= 0.6 is 0 Å². The molecule has 10 nitrogen and oxygen atoms in total. The lowest BCUT2D eigenvalue weighted by atomic mass is 10.2. The quantitative estimate of drug-likeness (QED) is 0.397. The fourth-order valence-electron chi connectivity index (χ4n) is 2.58. The predicted octanol–water partition coefficient (Wildman–Crippen LogP) is 3.14. The number of carbonyl (C=O) groups is 1. The molecule has 0 aliphatic carbocycles. The molecule has 29 heavy (non-hydrogen) atoms. The Morgan fingerprint density at radius 1 is 1.14 bits per heavy atom. The molecule has 1 aliphatic heterocycles. The van der Waals surface area contributed by atoms with Gasteiger partial charge in [0.15, 0.2) is 11.5 Å². The summed E-state index contributed by atoms with van der Waals surface area (Å²) in [5.41, 5.74) is 0.602. The van der Waals surface area contributed by atoms with E-state index in [2.05, 4.69) is 15.5 Å². The number of rotatable bonds is 5. The van der Waals surface area contributed by atoms with Crippen molar-refractivity contribution >= 4 is 23.7 Å². The number of anilines is 1. The number of amides is 1. The van der Waals surface area contributed by atoms with Crippen LogP contribution in [0.1, 0.15) is 17.6 Å². The highest BCUT2D eigenvalue weighted by Gasteiger charge is 2.27.